The minimum absolute atomic E-state index is 0.0152. The monoisotopic (exact) mass is 358 g/mol. The van der Waals surface area contributed by atoms with Gasteiger partial charge < -0.3 is 15.0 Å². The number of carbonyl (C=O) groups is 1. The van der Waals surface area contributed by atoms with Crippen LogP contribution >= 0.6 is 0 Å². The summed E-state index contributed by atoms with van der Waals surface area (Å²) in [5.74, 6) is 0.802. The molecule has 144 valence electrons. The lowest BCUT2D eigenvalue weighted by molar-refractivity contribution is -0.127. The molecule has 2 aliphatic rings. The fourth-order valence-electron chi connectivity index (χ4n) is 4.06. The molecule has 1 aliphatic heterocycles. The Morgan fingerprint density at radius 3 is 2.58 bits per heavy atom. The van der Waals surface area contributed by atoms with Crippen molar-refractivity contribution in [1.82, 2.24) is 10.2 Å². The van der Waals surface area contributed by atoms with Crippen molar-refractivity contribution in [2.24, 2.45) is 0 Å². The Morgan fingerprint density at radius 1 is 1.08 bits per heavy atom. The van der Waals surface area contributed by atoms with E-state index in [1.54, 1.807) is 0 Å². The summed E-state index contributed by atoms with van der Waals surface area (Å²) in [4.78, 5) is 14.8. The summed E-state index contributed by atoms with van der Waals surface area (Å²) in [5, 5.41) is 3.03. The van der Waals surface area contributed by atoms with Crippen LogP contribution in [0.5, 0.6) is 5.75 Å². The van der Waals surface area contributed by atoms with Crippen molar-refractivity contribution < 1.29 is 9.53 Å². The summed E-state index contributed by atoms with van der Waals surface area (Å²) in [6, 6.07) is 6.29. The van der Waals surface area contributed by atoms with Crippen molar-refractivity contribution in [2.75, 3.05) is 26.2 Å². The number of hydrogen-bond donors (Lipinski definition) is 1. The maximum absolute atomic E-state index is 12.3. The number of fused-ring (bicyclic) bond motifs is 1. The number of amides is 1. The number of rotatable bonds is 7. The first kappa shape index (κ1) is 19.2. The SMILES string of the molecule is CC(Oc1ccc2c(c1)CCCC2)C(=O)NCCCN1CCCCCC1. The maximum atomic E-state index is 12.3. The van der Waals surface area contributed by atoms with Crippen molar-refractivity contribution in [2.45, 2.75) is 70.8 Å². The summed E-state index contributed by atoms with van der Waals surface area (Å²) in [6.45, 7) is 6.08. The normalized spacial score (nSPS) is 19.3. The molecular formula is C22H34N2O2. The molecule has 1 fully saturated rings. The maximum Gasteiger partial charge on any atom is 0.260 e. The molecule has 1 heterocycles. The van der Waals surface area contributed by atoms with Crippen LogP contribution in [0.15, 0.2) is 18.2 Å². The summed E-state index contributed by atoms with van der Waals surface area (Å²) < 4.78 is 5.88. The van der Waals surface area contributed by atoms with E-state index >= 15 is 0 Å². The average molecular weight is 359 g/mol. The van der Waals surface area contributed by atoms with Gasteiger partial charge in [-0.1, -0.05) is 18.9 Å². The lowest BCUT2D eigenvalue weighted by atomic mass is 9.92. The summed E-state index contributed by atoms with van der Waals surface area (Å²) in [5.41, 5.74) is 2.83. The molecule has 4 nitrogen and oxygen atoms in total. The second kappa shape index (κ2) is 9.96. The number of benzene rings is 1. The van der Waals surface area contributed by atoms with Crippen LogP contribution in [0.1, 0.15) is 63.0 Å². The van der Waals surface area contributed by atoms with Gasteiger partial charge >= 0.3 is 0 Å². The van der Waals surface area contributed by atoms with Gasteiger partial charge in [0.2, 0.25) is 0 Å². The second-order valence-corrected chi connectivity index (χ2v) is 7.80. The van der Waals surface area contributed by atoms with E-state index in [9.17, 15) is 4.79 Å². The molecule has 1 aromatic rings. The Morgan fingerprint density at radius 2 is 1.81 bits per heavy atom. The number of nitrogens with one attached hydrogen (secondary N) is 1. The molecule has 0 radical (unpaired) electrons. The van der Waals surface area contributed by atoms with Gasteiger partial charge in [0.05, 0.1) is 0 Å². The van der Waals surface area contributed by atoms with Crippen LogP contribution < -0.4 is 10.1 Å². The van der Waals surface area contributed by atoms with Gasteiger partial charge in [0.1, 0.15) is 5.75 Å². The molecule has 0 bridgehead atoms. The number of aryl methyl sites for hydroxylation is 2. The Kier molecular flexibility index (Phi) is 7.36. The van der Waals surface area contributed by atoms with Gasteiger partial charge in [-0.05, 0) is 94.8 Å². The molecule has 1 saturated heterocycles. The third-order valence-corrected chi connectivity index (χ3v) is 5.65. The van der Waals surface area contributed by atoms with E-state index in [-0.39, 0.29) is 5.91 Å². The van der Waals surface area contributed by atoms with E-state index in [1.807, 2.05) is 13.0 Å². The predicted octanol–water partition coefficient (Wildman–Crippen LogP) is 3.72. The van der Waals surface area contributed by atoms with Crippen molar-refractivity contribution >= 4 is 5.91 Å². The van der Waals surface area contributed by atoms with Crippen LogP contribution in [0.3, 0.4) is 0 Å². The molecule has 1 aromatic carbocycles. The lowest BCUT2D eigenvalue weighted by Gasteiger charge is -2.20. The molecule has 1 unspecified atom stereocenters. The van der Waals surface area contributed by atoms with Gasteiger partial charge in [-0.3, -0.25) is 4.79 Å². The quantitative estimate of drug-likeness (QED) is 0.756. The van der Waals surface area contributed by atoms with Crippen LogP contribution in [-0.2, 0) is 17.6 Å². The van der Waals surface area contributed by atoms with E-state index in [1.165, 1.54) is 69.2 Å². The van der Waals surface area contributed by atoms with Crippen LogP contribution in [0.4, 0.5) is 0 Å². The molecular weight excluding hydrogens is 324 g/mol. The van der Waals surface area contributed by atoms with E-state index in [0.29, 0.717) is 0 Å². The zero-order valence-electron chi connectivity index (χ0n) is 16.3. The first-order valence-electron chi connectivity index (χ1n) is 10.5. The molecule has 4 heteroatoms. The molecule has 1 atom stereocenters. The van der Waals surface area contributed by atoms with Crippen LogP contribution in [0.2, 0.25) is 0 Å². The third kappa shape index (κ3) is 5.73. The van der Waals surface area contributed by atoms with Gasteiger partial charge in [0.15, 0.2) is 6.10 Å². The standard InChI is InChI=1S/C22H34N2O2/c1-18(26-21-12-11-19-9-4-5-10-20(19)17-21)22(25)23-13-8-16-24-14-6-2-3-7-15-24/h11-12,17-18H,2-10,13-16H2,1H3,(H,23,25). The highest BCUT2D eigenvalue weighted by Crippen LogP contribution is 2.25. The molecule has 0 spiro atoms. The number of hydrogen-bond acceptors (Lipinski definition) is 3. The molecule has 1 aliphatic carbocycles. The molecule has 26 heavy (non-hydrogen) atoms. The van der Waals surface area contributed by atoms with Crippen molar-refractivity contribution in [3.63, 3.8) is 0 Å². The summed E-state index contributed by atoms with van der Waals surface area (Å²) in [6.07, 6.45) is 10.8. The van der Waals surface area contributed by atoms with Gasteiger partial charge in [0, 0.05) is 6.54 Å². The van der Waals surface area contributed by atoms with E-state index < -0.39 is 6.10 Å². The Balaban J connectivity index is 1.37. The van der Waals surface area contributed by atoms with Crippen LogP contribution in [-0.4, -0.2) is 43.1 Å². The second-order valence-electron chi connectivity index (χ2n) is 7.80. The van der Waals surface area contributed by atoms with Gasteiger partial charge in [-0.15, -0.1) is 0 Å². The third-order valence-electron chi connectivity index (χ3n) is 5.65. The number of nitrogens with zero attached hydrogens (tertiary/aromatic N) is 1. The van der Waals surface area contributed by atoms with Crippen molar-refractivity contribution in [3.05, 3.63) is 29.3 Å². The van der Waals surface area contributed by atoms with E-state index in [0.717, 1.165) is 31.7 Å². The largest absolute Gasteiger partial charge is 0.481 e. The average Bonchev–Trinajstić information content (AvgIpc) is 2.93. The Labute approximate surface area is 158 Å². The van der Waals surface area contributed by atoms with E-state index in [4.69, 9.17) is 4.74 Å². The predicted molar refractivity (Wildman–Crippen MR) is 106 cm³/mol. The fraction of sp³-hybridized carbons (Fsp3) is 0.682. The zero-order chi connectivity index (χ0) is 18.2. The first-order chi connectivity index (χ1) is 12.7. The molecule has 3 rings (SSSR count). The highest BCUT2D eigenvalue weighted by atomic mass is 16.5. The minimum Gasteiger partial charge on any atom is -0.481 e. The molecule has 0 aromatic heterocycles. The summed E-state index contributed by atoms with van der Waals surface area (Å²) in [7, 11) is 0. The van der Waals surface area contributed by atoms with Crippen molar-refractivity contribution in [3.8, 4) is 5.75 Å². The number of likely N-dealkylation sites (tertiary alicyclic amines) is 1. The topological polar surface area (TPSA) is 41.6 Å². The number of carbonyl (C=O) groups excluding carboxylic acids is 1. The van der Waals surface area contributed by atoms with Gasteiger partial charge in [0.25, 0.3) is 5.91 Å². The Hall–Kier alpha value is -1.55. The smallest absolute Gasteiger partial charge is 0.260 e. The molecule has 1 N–H and O–H groups in total. The lowest BCUT2D eigenvalue weighted by Crippen LogP contribution is -2.38. The molecule has 1 amide bonds. The van der Waals surface area contributed by atoms with E-state index in [2.05, 4.69) is 22.3 Å². The minimum atomic E-state index is -0.449. The Bertz CT molecular complexity index is 580. The zero-order valence-corrected chi connectivity index (χ0v) is 16.3. The molecule has 0 saturated carbocycles. The van der Waals surface area contributed by atoms with Crippen LogP contribution in [0.25, 0.3) is 0 Å². The number of ether oxygens (including phenoxy) is 1. The summed E-state index contributed by atoms with van der Waals surface area (Å²) >= 11 is 0. The first-order valence-corrected chi connectivity index (χ1v) is 10.5. The van der Waals surface area contributed by atoms with Crippen molar-refractivity contribution in [1.29, 1.82) is 0 Å². The highest BCUT2D eigenvalue weighted by Gasteiger charge is 2.16. The fourth-order valence-corrected chi connectivity index (χ4v) is 4.06. The highest BCUT2D eigenvalue weighted by molar-refractivity contribution is 5.80. The van der Waals surface area contributed by atoms with Gasteiger partial charge in [-0.25, -0.2) is 0 Å². The van der Waals surface area contributed by atoms with Gasteiger partial charge in [-0.2, -0.15) is 0 Å². The van der Waals surface area contributed by atoms with Crippen LogP contribution in [0, 0.1) is 0 Å².